The van der Waals surface area contributed by atoms with E-state index in [1.165, 1.54) is 12.1 Å². The highest BCUT2D eigenvalue weighted by Gasteiger charge is 2.18. The van der Waals surface area contributed by atoms with Gasteiger partial charge in [-0.2, -0.15) is 0 Å². The van der Waals surface area contributed by atoms with Crippen molar-refractivity contribution >= 4 is 11.8 Å². The first kappa shape index (κ1) is 24.1. The molecule has 0 heterocycles. The van der Waals surface area contributed by atoms with E-state index < -0.39 is 12.1 Å². The number of aryl methyl sites for hydroxylation is 1. The Bertz CT molecular complexity index is 1130. The number of benzene rings is 3. The highest BCUT2D eigenvalue weighted by atomic mass is 19.1. The fraction of sp³-hybridized carbons (Fsp3) is 0.259. The number of carboxylic acid groups (broad SMARTS) is 1. The number of hydrogen-bond acceptors (Lipinski definition) is 4. The van der Waals surface area contributed by atoms with Gasteiger partial charge in [0.05, 0.1) is 6.54 Å². The van der Waals surface area contributed by atoms with Gasteiger partial charge in [0.2, 0.25) is 0 Å². The number of carbonyl (C=O) groups excluding carboxylic acids is 1. The van der Waals surface area contributed by atoms with E-state index in [0.29, 0.717) is 29.8 Å². The molecule has 0 saturated heterocycles. The molecule has 1 atom stereocenters. The lowest BCUT2D eigenvalue weighted by Crippen LogP contribution is -2.28. The summed E-state index contributed by atoms with van der Waals surface area (Å²) in [5, 5.41) is 9.00. The third kappa shape index (κ3) is 6.49. The summed E-state index contributed by atoms with van der Waals surface area (Å²) in [5.41, 5.74) is 3.93. The van der Waals surface area contributed by atoms with Gasteiger partial charge in [-0.15, -0.1) is 0 Å². The van der Waals surface area contributed by atoms with Crippen LogP contribution in [0, 0.1) is 19.7 Å². The number of aliphatic carboxylic acids is 1. The third-order valence-corrected chi connectivity index (χ3v) is 5.64. The van der Waals surface area contributed by atoms with Gasteiger partial charge in [0.15, 0.2) is 5.78 Å². The molecule has 0 saturated carbocycles. The van der Waals surface area contributed by atoms with Gasteiger partial charge < -0.3 is 9.84 Å². The Labute approximate surface area is 193 Å². The van der Waals surface area contributed by atoms with Crippen LogP contribution in [0.1, 0.15) is 45.1 Å². The van der Waals surface area contributed by atoms with Crippen molar-refractivity contribution in [3.05, 3.63) is 100 Å². The number of nitrogens with zero attached hydrogens (tertiary/aromatic N) is 1. The van der Waals surface area contributed by atoms with E-state index in [9.17, 15) is 14.0 Å². The average molecular weight is 450 g/mol. The van der Waals surface area contributed by atoms with E-state index in [1.54, 1.807) is 48.3 Å². The molecule has 0 bridgehead atoms. The van der Waals surface area contributed by atoms with Gasteiger partial charge in [-0.05, 0) is 61.9 Å². The number of hydrogen-bond donors (Lipinski definition) is 1. The van der Waals surface area contributed by atoms with Crippen LogP contribution in [0.5, 0.6) is 5.75 Å². The predicted molar refractivity (Wildman–Crippen MR) is 125 cm³/mol. The molecule has 0 aliphatic rings. The quantitative estimate of drug-likeness (QED) is 0.431. The minimum absolute atomic E-state index is 0.0822. The fourth-order valence-corrected chi connectivity index (χ4v) is 3.65. The van der Waals surface area contributed by atoms with Gasteiger partial charge in [-0.1, -0.05) is 42.5 Å². The lowest BCUT2D eigenvalue weighted by molar-refractivity contribution is -0.138. The van der Waals surface area contributed by atoms with Crippen molar-refractivity contribution in [2.45, 2.75) is 26.4 Å². The van der Waals surface area contributed by atoms with Gasteiger partial charge in [0.1, 0.15) is 17.7 Å². The second kappa shape index (κ2) is 10.9. The van der Waals surface area contributed by atoms with Gasteiger partial charge in [0, 0.05) is 24.1 Å². The molecule has 0 fully saturated rings. The van der Waals surface area contributed by atoms with Crippen LogP contribution in [0.3, 0.4) is 0 Å². The molecule has 5 nitrogen and oxygen atoms in total. The highest BCUT2D eigenvalue weighted by Crippen LogP contribution is 2.27. The predicted octanol–water partition coefficient (Wildman–Crippen LogP) is 5.20. The van der Waals surface area contributed by atoms with Gasteiger partial charge >= 0.3 is 5.97 Å². The molecule has 3 aromatic carbocycles. The molecule has 33 heavy (non-hydrogen) atoms. The Hall–Kier alpha value is -3.51. The maximum atomic E-state index is 13.4. The van der Waals surface area contributed by atoms with Crippen LogP contribution in [0.2, 0.25) is 0 Å². The van der Waals surface area contributed by atoms with Crippen molar-refractivity contribution in [3.63, 3.8) is 0 Å². The number of carboxylic acids is 1. The second-order valence-corrected chi connectivity index (χ2v) is 8.18. The van der Waals surface area contributed by atoms with Crippen molar-refractivity contribution < 1.29 is 23.8 Å². The van der Waals surface area contributed by atoms with Crippen molar-refractivity contribution in [3.8, 4) is 5.75 Å². The molecular weight excluding hydrogens is 421 g/mol. The summed E-state index contributed by atoms with van der Waals surface area (Å²) in [5.74, 6) is -0.821. The number of rotatable bonds is 10. The summed E-state index contributed by atoms with van der Waals surface area (Å²) in [6.07, 6.45) is 0.0535. The van der Waals surface area contributed by atoms with Gasteiger partial charge in [-0.3, -0.25) is 14.5 Å². The molecule has 0 aromatic heterocycles. The smallest absolute Gasteiger partial charge is 0.317 e. The van der Waals surface area contributed by atoms with Crippen LogP contribution in [0.15, 0.2) is 66.7 Å². The van der Waals surface area contributed by atoms with Crippen LogP contribution in [0.4, 0.5) is 4.39 Å². The zero-order valence-corrected chi connectivity index (χ0v) is 19.0. The number of halogens is 1. The van der Waals surface area contributed by atoms with Crippen molar-refractivity contribution in [1.82, 2.24) is 4.90 Å². The lowest BCUT2D eigenvalue weighted by Gasteiger charge is -2.23. The maximum absolute atomic E-state index is 13.4. The van der Waals surface area contributed by atoms with Crippen LogP contribution >= 0.6 is 0 Å². The zero-order valence-electron chi connectivity index (χ0n) is 19.0. The van der Waals surface area contributed by atoms with E-state index in [2.05, 4.69) is 0 Å². The standard InChI is InChI=1S/C27H28FNO4/c1-18-6-4-9-24(19(18)2)27(32)21-7-5-8-23(16-21)33-25(14-15-29(3)17-26(30)31)20-10-12-22(28)13-11-20/h4-13,16,25H,14-15,17H2,1-3H3,(H,30,31). The molecule has 0 radical (unpaired) electrons. The van der Waals surface area contributed by atoms with E-state index in [0.717, 1.165) is 16.7 Å². The molecule has 1 N–H and O–H groups in total. The van der Waals surface area contributed by atoms with E-state index in [4.69, 9.17) is 9.84 Å². The average Bonchev–Trinajstić information content (AvgIpc) is 2.78. The van der Waals surface area contributed by atoms with Crippen molar-refractivity contribution in [2.24, 2.45) is 0 Å². The highest BCUT2D eigenvalue weighted by molar-refractivity contribution is 6.10. The van der Waals surface area contributed by atoms with E-state index in [1.807, 2.05) is 32.0 Å². The van der Waals surface area contributed by atoms with Crippen LogP contribution in [-0.4, -0.2) is 41.9 Å². The summed E-state index contributed by atoms with van der Waals surface area (Å²) < 4.78 is 19.7. The molecular formula is C27H28FNO4. The number of carbonyl (C=O) groups is 2. The first-order valence-corrected chi connectivity index (χ1v) is 10.8. The molecule has 0 aliphatic carbocycles. The molecule has 0 aliphatic heterocycles. The van der Waals surface area contributed by atoms with Gasteiger partial charge in [-0.25, -0.2) is 4.39 Å². The summed E-state index contributed by atoms with van der Waals surface area (Å²) in [6.45, 7) is 4.28. The Balaban J connectivity index is 1.83. The Kier molecular flexibility index (Phi) is 7.96. The Morgan fingerprint density at radius 2 is 1.73 bits per heavy atom. The van der Waals surface area contributed by atoms with E-state index >= 15 is 0 Å². The molecule has 3 aromatic rings. The van der Waals surface area contributed by atoms with Crippen LogP contribution < -0.4 is 4.74 Å². The Morgan fingerprint density at radius 1 is 1.03 bits per heavy atom. The van der Waals surface area contributed by atoms with Crippen LogP contribution in [0.25, 0.3) is 0 Å². The molecule has 0 amide bonds. The largest absolute Gasteiger partial charge is 0.486 e. The lowest BCUT2D eigenvalue weighted by atomic mass is 9.96. The summed E-state index contributed by atoms with van der Waals surface area (Å²) in [4.78, 5) is 25.8. The maximum Gasteiger partial charge on any atom is 0.317 e. The molecule has 1 unspecified atom stereocenters. The number of ether oxygens (including phenoxy) is 1. The van der Waals surface area contributed by atoms with E-state index in [-0.39, 0.29) is 18.1 Å². The topological polar surface area (TPSA) is 66.8 Å². The third-order valence-electron chi connectivity index (χ3n) is 5.64. The molecule has 3 rings (SSSR count). The summed E-state index contributed by atoms with van der Waals surface area (Å²) in [7, 11) is 1.72. The van der Waals surface area contributed by atoms with Crippen molar-refractivity contribution in [2.75, 3.05) is 20.1 Å². The minimum Gasteiger partial charge on any atom is -0.486 e. The minimum atomic E-state index is -0.908. The monoisotopic (exact) mass is 449 g/mol. The first-order chi connectivity index (χ1) is 15.7. The van der Waals surface area contributed by atoms with Gasteiger partial charge in [0.25, 0.3) is 0 Å². The Morgan fingerprint density at radius 3 is 2.42 bits per heavy atom. The normalized spacial score (nSPS) is 11.9. The second-order valence-electron chi connectivity index (χ2n) is 8.18. The van der Waals surface area contributed by atoms with Crippen molar-refractivity contribution in [1.29, 1.82) is 0 Å². The fourth-order valence-electron chi connectivity index (χ4n) is 3.65. The molecule has 6 heteroatoms. The number of ketones is 1. The first-order valence-electron chi connectivity index (χ1n) is 10.8. The zero-order chi connectivity index (χ0) is 24.0. The van der Waals surface area contributed by atoms with Crippen LogP contribution in [-0.2, 0) is 4.79 Å². The SMILES string of the molecule is Cc1cccc(C(=O)c2cccc(OC(CCN(C)CC(=O)O)c3ccc(F)cc3)c2)c1C. The molecule has 0 spiro atoms. The summed E-state index contributed by atoms with van der Waals surface area (Å²) >= 11 is 0. The number of likely N-dealkylation sites (N-methyl/N-ethyl adjacent to an activating group) is 1. The molecule has 172 valence electrons. The summed E-state index contributed by atoms with van der Waals surface area (Å²) in [6, 6.07) is 18.7.